The minimum Gasteiger partial charge on any atom is -0.353 e. The topological polar surface area (TPSA) is 90.5 Å². The molecule has 2 atom stereocenters. The van der Waals surface area contributed by atoms with Crippen LogP contribution < -0.4 is 16.0 Å². The Morgan fingerprint density at radius 1 is 1.26 bits per heavy atom. The van der Waals surface area contributed by atoms with E-state index in [1.807, 2.05) is 11.8 Å². The minimum atomic E-state index is -0.475. The van der Waals surface area contributed by atoms with E-state index in [0.29, 0.717) is 13.1 Å². The third-order valence-electron chi connectivity index (χ3n) is 3.94. The minimum absolute atomic E-state index is 0.0692. The van der Waals surface area contributed by atoms with Crippen LogP contribution in [0.1, 0.15) is 46.5 Å². The van der Waals surface area contributed by atoms with E-state index < -0.39 is 6.03 Å². The number of amides is 4. The summed E-state index contributed by atoms with van der Waals surface area (Å²) in [5.74, 6) is -0.350. The molecule has 7 nitrogen and oxygen atoms in total. The molecule has 7 heteroatoms. The first-order chi connectivity index (χ1) is 11.0. The number of nitrogens with zero attached hydrogens (tertiary/aromatic N) is 1. The van der Waals surface area contributed by atoms with Gasteiger partial charge in [-0.25, -0.2) is 4.79 Å². The van der Waals surface area contributed by atoms with Crippen LogP contribution in [0.5, 0.6) is 0 Å². The van der Waals surface area contributed by atoms with Crippen LogP contribution >= 0.6 is 0 Å². The summed E-state index contributed by atoms with van der Waals surface area (Å²) in [6.45, 7) is 7.86. The van der Waals surface area contributed by atoms with Gasteiger partial charge >= 0.3 is 6.03 Å². The number of piperidine rings is 1. The Labute approximate surface area is 138 Å². The SMILES string of the molecule is CCC[C@H](C)NC(=O)[C@H]1CCCN(CC(=O)NC(=O)NCC)C1. The zero-order valence-corrected chi connectivity index (χ0v) is 14.5. The van der Waals surface area contributed by atoms with Crippen molar-refractivity contribution >= 4 is 17.8 Å². The largest absolute Gasteiger partial charge is 0.353 e. The van der Waals surface area contributed by atoms with Crippen molar-refractivity contribution in [3.8, 4) is 0 Å². The van der Waals surface area contributed by atoms with Crippen LogP contribution in [0.25, 0.3) is 0 Å². The second kappa shape index (κ2) is 10.2. The molecule has 0 aromatic rings. The monoisotopic (exact) mass is 326 g/mol. The highest BCUT2D eigenvalue weighted by Gasteiger charge is 2.27. The fourth-order valence-corrected chi connectivity index (χ4v) is 2.85. The van der Waals surface area contributed by atoms with Crippen LogP contribution in [0.15, 0.2) is 0 Å². The maximum Gasteiger partial charge on any atom is 0.321 e. The van der Waals surface area contributed by atoms with Gasteiger partial charge in [0.05, 0.1) is 12.5 Å². The van der Waals surface area contributed by atoms with E-state index in [0.717, 1.165) is 32.2 Å². The van der Waals surface area contributed by atoms with E-state index in [9.17, 15) is 14.4 Å². The predicted octanol–water partition coefficient (Wildman–Crippen LogP) is 0.849. The van der Waals surface area contributed by atoms with Gasteiger partial charge in [0.1, 0.15) is 0 Å². The number of hydrogen-bond acceptors (Lipinski definition) is 4. The van der Waals surface area contributed by atoms with Gasteiger partial charge in [0, 0.05) is 19.1 Å². The summed E-state index contributed by atoms with van der Waals surface area (Å²) < 4.78 is 0. The number of rotatable bonds is 7. The highest BCUT2D eigenvalue weighted by Crippen LogP contribution is 2.16. The third-order valence-corrected chi connectivity index (χ3v) is 3.94. The number of urea groups is 1. The Bertz CT molecular complexity index is 414. The molecule has 1 aliphatic rings. The molecule has 0 aromatic heterocycles. The van der Waals surface area contributed by atoms with Gasteiger partial charge in [-0.2, -0.15) is 0 Å². The number of imide groups is 1. The number of likely N-dealkylation sites (tertiary alicyclic amines) is 1. The number of carbonyl (C=O) groups is 3. The van der Waals surface area contributed by atoms with Crippen molar-refractivity contribution in [3.63, 3.8) is 0 Å². The molecule has 0 aromatic carbocycles. The van der Waals surface area contributed by atoms with Gasteiger partial charge in [-0.3, -0.25) is 19.8 Å². The fourth-order valence-electron chi connectivity index (χ4n) is 2.85. The van der Waals surface area contributed by atoms with Gasteiger partial charge < -0.3 is 10.6 Å². The van der Waals surface area contributed by atoms with Gasteiger partial charge in [0.25, 0.3) is 0 Å². The molecule has 0 bridgehead atoms. The summed E-state index contributed by atoms with van der Waals surface area (Å²) in [5.41, 5.74) is 0. The van der Waals surface area contributed by atoms with Gasteiger partial charge in [-0.1, -0.05) is 13.3 Å². The molecule has 0 aliphatic carbocycles. The molecule has 132 valence electrons. The quantitative estimate of drug-likeness (QED) is 0.647. The standard InChI is InChI=1S/C16H30N4O3/c1-4-7-12(3)18-15(22)13-8-6-9-20(10-13)11-14(21)19-16(23)17-5-2/h12-13H,4-11H2,1-3H3,(H,18,22)(H2,17,19,21,23)/t12-,13-/m0/s1. The lowest BCUT2D eigenvalue weighted by molar-refractivity contribution is -0.129. The molecule has 1 rings (SSSR count). The van der Waals surface area contributed by atoms with Gasteiger partial charge in [-0.15, -0.1) is 0 Å². The van der Waals surface area contributed by atoms with Crippen LogP contribution in [0.4, 0.5) is 4.79 Å². The van der Waals surface area contributed by atoms with E-state index in [4.69, 9.17) is 0 Å². The fraction of sp³-hybridized carbons (Fsp3) is 0.812. The van der Waals surface area contributed by atoms with Crippen molar-refractivity contribution in [1.29, 1.82) is 0 Å². The summed E-state index contributed by atoms with van der Waals surface area (Å²) in [4.78, 5) is 37.4. The van der Waals surface area contributed by atoms with E-state index in [1.54, 1.807) is 6.92 Å². The predicted molar refractivity (Wildman–Crippen MR) is 88.9 cm³/mol. The summed E-state index contributed by atoms with van der Waals surface area (Å²) in [5, 5.41) is 7.85. The Morgan fingerprint density at radius 2 is 2.00 bits per heavy atom. The normalized spacial score (nSPS) is 19.7. The number of nitrogens with one attached hydrogen (secondary N) is 3. The summed E-state index contributed by atoms with van der Waals surface area (Å²) in [6, 6.07) is -0.291. The molecule has 23 heavy (non-hydrogen) atoms. The van der Waals surface area contributed by atoms with Crippen molar-refractivity contribution in [2.45, 2.75) is 52.5 Å². The Morgan fingerprint density at radius 3 is 2.65 bits per heavy atom. The average Bonchev–Trinajstić information content (AvgIpc) is 2.47. The Balaban J connectivity index is 2.40. The molecule has 0 spiro atoms. The molecule has 1 saturated heterocycles. The average molecular weight is 326 g/mol. The second-order valence-corrected chi connectivity index (χ2v) is 6.18. The summed E-state index contributed by atoms with van der Waals surface area (Å²) in [6.07, 6.45) is 3.74. The molecule has 0 saturated carbocycles. The highest BCUT2D eigenvalue weighted by atomic mass is 16.2. The van der Waals surface area contributed by atoms with Crippen LogP contribution in [-0.2, 0) is 9.59 Å². The molecular weight excluding hydrogens is 296 g/mol. The maximum atomic E-state index is 12.3. The smallest absolute Gasteiger partial charge is 0.321 e. The Kier molecular flexibility index (Phi) is 8.61. The van der Waals surface area contributed by atoms with E-state index in [1.165, 1.54) is 0 Å². The molecule has 1 aliphatic heterocycles. The second-order valence-electron chi connectivity index (χ2n) is 6.18. The first kappa shape index (κ1) is 19.4. The molecule has 0 unspecified atom stereocenters. The lowest BCUT2D eigenvalue weighted by Gasteiger charge is -2.32. The maximum absolute atomic E-state index is 12.3. The zero-order valence-electron chi connectivity index (χ0n) is 14.5. The number of hydrogen-bond donors (Lipinski definition) is 3. The van der Waals surface area contributed by atoms with Crippen molar-refractivity contribution in [2.75, 3.05) is 26.2 Å². The molecule has 1 heterocycles. The van der Waals surface area contributed by atoms with E-state index >= 15 is 0 Å². The molecule has 3 N–H and O–H groups in total. The Hall–Kier alpha value is -1.63. The van der Waals surface area contributed by atoms with Crippen LogP contribution in [0, 0.1) is 5.92 Å². The van der Waals surface area contributed by atoms with Gasteiger partial charge in [0.2, 0.25) is 11.8 Å². The molecular formula is C16H30N4O3. The van der Waals surface area contributed by atoms with Gasteiger partial charge in [-0.05, 0) is 39.7 Å². The van der Waals surface area contributed by atoms with Crippen LogP contribution in [0.3, 0.4) is 0 Å². The van der Waals surface area contributed by atoms with E-state index in [2.05, 4.69) is 22.9 Å². The molecule has 0 radical (unpaired) electrons. The zero-order chi connectivity index (χ0) is 17.2. The lowest BCUT2D eigenvalue weighted by Crippen LogP contribution is -2.49. The first-order valence-electron chi connectivity index (χ1n) is 8.56. The molecule has 4 amide bonds. The highest BCUT2D eigenvalue weighted by molar-refractivity contribution is 5.95. The van der Waals surface area contributed by atoms with E-state index in [-0.39, 0.29) is 30.3 Å². The van der Waals surface area contributed by atoms with Crippen molar-refractivity contribution in [2.24, 2.45) is 5.92 Å². The summed E-state index contributed by atoms with van der Waals surface area (Å²) in [7, 11) is 0. The van der Waals surface area contributed by atoms with Gasteiger partial charge in [0.15, 0.2) is 0 Å². The van der Waals surface area contributed by atoms with Crippen molar-refractivity contribution < 1.29 is 14.4 Å². The first-order valence-corrected chi connectivity index (χ1v) is 8.56. The van der Waals surface area contributed by atoms with Crippen molar-refractivity contribution in [1.82, 2.24) is 20.9 Å². The van der Waals surface area contributed by atoms with Crippen molar-refractivity contribution in [3.05, 3.63) is 0 Å². The molecule has 1 fully saturated rings. The summed E-state index contributed by atoms with van der Waals surface area (Å²) >= 11 is 0. The third kappa shape index (κ3) is 7.45. The van der Waals surface area contributed by atoms with Crippen LogP contribution in [0.2, 0.25) is 0 Å². The van der Waals surface area contributed by atoms with Crippen LogP contribution in [-0.4, -0.2) is 55.0 Å². The number of carbonyl (C=O) groups excluding carboxylic acids is 3. The lowest BCUT2D eigenvalue weighted by atomic mass is 9.96.